The fourth-order valence-corrected chi connectivity index (χ4v) is 6.29. The molecular weight excluding hydrogens is 508 g/mol. The fraction of sp³-hybridized carbons (Fsp3) is 0.219. The van der Waals surface area contributed by atoms with Gasteiger partial charge in [-0.1, -0.05) is 72.8 Å². The number of para-hydroxylation sites is 1. The van der Waals surface area contributed by atoms with Crippen molar-refractivity contribution in [1.82, 2.24) is 4.90 Å². The van der Waals surface area contributed by atoms with Gasteiger partial charge in [0.15, 0.2) is 0 Å². The van der Waals surface area contributed by atoms with Gasteiger partial charge in [-0.25, -0.2) is 14.4 Å². The Morgan fingerprint density at radius 1 is 0.825 bits per heavy atom. The van der Waals surface area contributed by atoms with Gasteiger partial charge in [0.05, 0.1) is 50.1 Å². The van der Waals surface area contributed by atoms with Crippen LogP contribution >= 0.6 is 0 Å². The third-order valence-electron chi connectivity index (χ3n) is 7.72. The Hall–Kier alpha value is -4.85. The smallest absolute Gasteiger partial charge is 0.354 e. The van der Waals surface area contributed by atoms with E-state index in [0.717, 1.165) is 34.0 Å². The Morgan fingerprint density at radius 2 is 1.48 bits per heavy atom. The zero-order valence-electron chi connectivity index (χ0n) is 22.4. The van der Waals surface area contributed by atoms with Crippen LogP contribution in [-0.4, -0.2) is 49.8 Å². The maximum atomic E-state index is 14.0. The second kappa shape index (κ2) is 10.0. The van der Waals surface area contributed by atoms with Gasteiger partial charge < -0.3 is 24.0 Å². The molecule has 0 saturated carbocycles. The Morgan fingerprint density at radius 3 is 2.15 bits per heavy atom. The van der Waals surface area contributed by atoms with Crippen LogP contribution in [0.25, 0.3) is 5.70 Å². The number of esters is 3. The molecule has 8 nitrogen and oxygen atoms in total. The van der Waals surface area contributed by atoms with E-state index >= 15 is 0 Å². The first-order chi connectivity index (χ1) is 19.5. The van der Waals surface area contributed by atoms with E-state index in [0.29, 0.717) is 11.3 Å². The van der Waals surface area contributed by atoms with Gasteiger partial charge in [-0.15, -0.1) is 0 Å². The SMILES string of the molecule is CCOC(=O)C1=C(c2ccccc2)N2c3ccccc3[C@@H]3c4ccccc4[C@H]1N(/C(=C\C(=O)OC)C(=O)OC)[C@@H]32. The summed E-state index contributed by atoms with van der Waals surface area (Å²) in [6, 6.07) is 24.9. The van der Waals surface area contributed by atoms with Crippen molar-refractivity contribution in [1.29, 1.82) is 0 Å². The minimum Gasteiger partial charge on any atom is -0.466 e. The number of carbonyl (C=O) groups is 3. The second-order valence-corrected chi connectivity index (χ2v) is 9.65. The van der Waals surface area contributed by atoms with Crippen molar-refractivity contribution in [2.75, 3.05) is 25.7 Å². The van der Waals surface area contributed by atoms with Crippen LogP contribution in [0.5, 0.6) is 0 Å². The summed E-state index contributed by atoms with van der Waals surface area (Å²) in [5.41, 5.74) is 5.74. The number of ether oxygens (including phenoxy) is 3. The summed E-state index contributed by atoms with van der Waals surface area (Å²) in [5.74, 6) is -2.12. The van der Waals surface area contributed by atoms with E-state index in [-0.39, 0.29) is 18.2 Å². The Bertz CT molecular complexity index is 1580. The van der Waals surface area contributed by atoms with E-state index in [1.807, 2.05) is 71.6 Å². The Kier molecular flexibility index (Phi) is 6.38. The van der Waals surface area contributed by atoms with Crippen LogP contribution in [0.2, 0.25) is 0 Å². The number of benzene rings is 3. The van der Waals surface area contributed by atoms with E-state index in [4.69, 9.17) is 14.2 Å². The summed E-state index contributed by atoms with van der Waals surface area (Å²) in [5, 5.41) is 0. The first kappa shape index (κ1) is 25.4. The summed E-state index contributed by atoms with van der Waals surface area (Å²) in [6.07, 6.45) is 0.655. The number of rotatable bonds is 6. The molecule has 3 aromatic rings. The van der Waals surface area contributed by atoms with Crippen LogP contribution in [0.1, 0.15) is 41.1 Å². The average molecular weight is 537 g/mol. The molecule has 3 atom stereocenters. The maximum Gasteiger partial charge on any atom is 0.354 e. The lowest BCUT2D eigenvalue weighted by molar-refractivity contribution is -0.142. The number of methoxy groups -OCH3 is 2. The molecule has 0 aliphatic carbocycles. The monoisotopic (exact) mass is 536 g/mol. The summed E-state index contributed by atoms with van der Waals surface area (Å²) in [6.45, 7) is 1.93. The van der Waals surface area contributed by atoms with Crippen molar-refractivity contribution in [2.45, 2.75) is 25.0 Å². The molecule has 6 rings (SSSR count). The molecule has 3 aromatic carbocycles. The second-order valence-electron chi connectivity index (χ2n) is 9.65. The first-order valence-electron chi connectivity index (χ1n) is 13.1. The predicted molar refractivity (Wildman–Crippen MR) is 148 cm³/mol. The molecule has 2 bridgehead atoms. The van der Waals surface area contributed by atoms with Crippen molar-refractivity contribution in [3.05, 3.63) is 118 Å². The van der Waals surface area contributed by atoms with Crippen LogP contribution in [-0.2, 0) is 28.6 Å². The molecule has 0 fully saturated rings. The van der Waals surface area contributed by atoms with E-state index in [1.165, 1.54) is 14.2 Å². The Labute approximate surface area is 232 Å². The number of fused-ring (bicyclic) bond motifs is 7. The van der Waals surface area contributed by atoms with Gasteiger partial charge in [-0.2, -0.15) is 0 Å². The van der Waals surface area contributed by atoms with E-state index in [9.17, 15) is 14.4 Å². The van der Waals surface area contributed by atoms with E-state index < -0.39 is 30.1 Å². The number of nitrogens with zero attached hydrogens (tertiary/aromatic N) is 2. The van der Waals surface area contributed by atoms with Crippen LogP contribution in [0.3, 0.4) is 0 Å². The van der Waals surface area contributed by atoms with Crippen molar-refractivity contribution in [3.8, 4) is 0 Å². The van der Waals surface area contributed by atoms with E-state index in [2.05, 4.69) is 17.0 Å². The number of anilines is 1. The number of hydrogen-bond donors (Lipinski definition) is 0. The third-order valence-corrected chi connectivity index (χ3v) is 7.72. The average Bonchev–Trinajstić information content (AvgIpc) is 3.35. The molecule has 3 aliphatic rings. The molecule has 0 unspecified atom stereocenters. The van der Waals surface area contributed by atoms with Crippen LogP contribution in [0.4, 0.5) is 5.69 Å². The topological polar surface area (TPSA) is 85.4 Å². The third kappa shape index (κ3) is 3.71. The minimum absolute atomic E-state index is 0.00410. The lowest BCUT2D eigenvalue weighted by atomic mass is 9.76. The van der Waals surface area contributed by atoms with E-state index in [1.54, 1.807) is 6.92 Å². The fourth-order valence-electron chi connectivity index (χ4n) is 6.29. The van der Waals surface area contributed by atoms with Crippen molar-refractivity contribution in [2.24, 2.45) is 0 Å². The van der Waals surface area contributed by atoms with Gasteiger partial charge >= 0.3 is 17.9 Å². The highest BCUT2D eigenvalue weighted by atomic mass is 16.5. The van der Waals surface area contributed by atoms with Gasteiger partial charge in [0, 0.05) is 5.69 Å². The molecule has 40 heavy (non-hydrogen) atoms. The standard InChI is InChI=1S/C32H28N2O6/c1-4-40-32(37)27-28(19-12-6-5-7-13-19)33-23-17-11-10-16-22(23)26-20-14-8-9-15-21(20)29(27)34(30(26)33)24(31(36)39-3)18-25(35)38-2/h5-18,26,29-30H,4H2,1-3H3/b24-18-/t26-,29+,30-/m0/s1. The highest BCUT2D eigenvalue weighted by Crippen LogP contribution is 2.61. The van der Waals surface area contributed by atoms with Gasteiger partial charge in [-0.05, 0) is 35.2 Å². The minimum atomic E-state index is -0.743. The molecule has 0 aromatic heterocycles. The van der Waals surface area contributed by atoms with Gasteiger partial charge in [0.25, 0.3) is 0 Å². The summed E-state index contributed by atoms with van der Waals surface area (Å²) in [4.78, 5) is 43.9. The lowest BCUT2D eigenvalue weighted by Crippen LogP contribution is -2.58. The molecule has 0 saturated heterocycles. The zero-order chi connectivity index (χ0) is 28.0. The summed E-state index contributed by atoms with van der Waals surface area (Å²) >= 11 is 0. The normalized spacial score (nSPS) is 20.5. The van der Waals surface area contributed by atoms with Gasteiger partial charge in [0.1, 0.15) is 11.9 Å². The highest BCUT2D eigenvalue weighted by molar-refractivity contribution is 6.06. The first-order valence-corrected chi connectivity index (χ1v) is 13.1. The van der Waals surface area contributed by atoms with Crippen LogP contribution in [0, 0.1) is 0 Å². The van der Waals surface area contributed by atoms with Crippen LogP contribution < -0.4 is 4.90 Å². The molecule has 0 N–H and O–H groups in total. The molecule has 0 spiro atoms. The molecule has 3 heterocycles. The molecule has 0 amide bonds. The maximum absolute atomic E-state index is 14.0. The summed E-state index contributed by atoms with van der Waals surface area (Å²) in [7, 11) is 2.52. The van der Waals surface area contributed by atoms with Gasteiger partial charge in [0.2, 0.25) is 0 Å². The van der Waals surface area contributed by atoms with Crippen molar-refractivity contribution < 1.29 is 28.6 Å². The molecule has 0 radical (unpaired) electrons. The van der Waals surface area contributed by atoms with Crippen LogP contribution in [0.15, 0.2) is 96.2 Å². The number of hydrogen-bond acceptors (Lipinski definition) is 8. The van der Waals surface area contributed by atoms with Crippen molar-refractivity contribution in [3.63, 3.8) is 0 Å². The zero-order valence-corrected chi connectivity index (χ0v) is 22.4. The highest BCUT2D eigenvalue weighted by Gasteiger charge is 2.58. The Balaban J connectivity index is 1.77. The van der Waals surface area contributed by atoms with Crippen molar-refractivity contribution >= 4 is 29.3 Å². The molecular formula is C32H28N2O6. The van der Waals surface area contributed by atoms with Gasteiger partial charge in [-0.3, -0.25) is 0 Å². The summed E-state index contributed by atoms with van der Waals surface area (Å²) < 4.78 is 15.8. The number of carbonyl (C=O) groups excluding carboxylic acids is 3. The lowest BCUT2D eigenvalue weighted by Gasteiger charge is -2.54. The molecule has 8 heteroatoms. The predicted octanol–water partition coefficient (Wildman–Crippen LogP) is 4.54. The molecule has 202 valence electrons. The molecule has 3 aliphatic heterocycles. The quantitative estimate of drug-likeness (QED) is 0.258. The largest absolute Gasteiger partial charge is 0.466 e.